The summed E-state index contributed by atoms with van der Waals surface area (Å²) < 4.78 is 0. The topological polar surface area (TPSA) is 12.0 Å². The van der Waals surface area contributed by atoms with E-state index in [1.807, 2.05) is 41.5 Å². The van der Waals surface area contributed by atoms with Crippen molar-refractivity contribution >= 4 is 0 Å². The molecule has 0 amide bonds. The van der Waals surface area contributed by atoms with Gasteiger partial charge in [-0.25, -0.2) is 0 Å². The van der Waals surface area contributed by atoms with Gasteiger partial charge < -0.3 is 5.32 Å². The Labute approximate surface area is 118 Å². The Kier molecular flexibility index (Phi) is 17.2. The van der Waals surface area contributed by atoms with Gasteiger partial charge in [-0.1, -0.05) is 69.2 Å². The SMILES string of the molecule is CC.CC.CC.CC1(C)CCCNCC(C)(C)C1. The van der Waals surface area contributed by atoms with Crippen LogP contribution in [0, 0.1) is 10.8 Å². The van der Waals surface area contributed by atoms with Crippen LogP contribution in [-0.2, 0) is 0 Å². The van der Waals surface area contributed by atoms with Gasteiger partial charge in [0, 0.05) is 6.54 Å². The molecule has 0 unspecified atom stereocenters. The molecule has 0 aromatic heterocycles. The lowest BCUT2D eigenvalue weighted by Gasteiger charge is -2.37. The van der Waals surface area contributed by atoms with Crippen LogP contribution in [-0.4, -0.2) is 13.1 Å². The number of hydrogen-bond donors (Lipinski definition) is 1. The molecule has 0 aromatic rings. The smallest absolute Gasteiger partial charge is 0.000272 e. The number of hydrogen-bond acceptors (Lipinski definition) is 1. The fraction of sp³-hybridized carbons (Fsp3) is 1.00. The first-order chi connectivity index (χ1) is 8.41. The minimum absolute atomic E-state index is 0.476. The van der Waals surface area contributed by atoms with Gasteiger partial charge in [0.25, 0.3) is 0 Å². The van der Waals surface area contributed by atoms with Crippen LogP contribution in [0.1, 0.15) is 88.5 Å². The highest BCUT2D eigenvalue weighted by atomic mass is 14.9. The molecule has 18 heavy (non-hydrogen) atoms. The number of rotatable bonds is 0. The zero-order valence-corrected chi connectivity index (χ0v) is 15.0. The van der Waals surface area contributed by atoms with Gasteiger partial charge in [-0.15, -0.1) is 0 Å². The molecule has 1 heterocycles. The minimum atomic E-state index is 0.476. The molecule has 0 saturated carbocycles. The second-order valence-electron chi connectivity index (χ2n) is 5.79. The van der Waals surface area contributed by atoms with E-state index in [-0.39, 0.29) is 0 Å². The van der Waals surface area contributed by atoms with Crippen molar-refractivity contribution in [1.29, 1.82) is 0 Å². The van der Waals surface area contributed by atoms with E-state index < -0.39 is 0 Å². The van der Waals surface area contributed by atoms with E-state index >= 15 is 0 Å². The molecule has 0 spiro atoms. The fourth-order valence-electron chi connectivity index (χ4n) is 2.57. The lowest BCUT2D eigenvalue weighted by molar-refractivity contribution is 0.159. The van der Waals surface area contributed by atoms with Crippen molar-refractivity contribution in [2.45, 2.75) is 88.5 Å². The normalized spacial score (nSPS) is 20.3. The molecular formula is C17H41N. The van der Waals surface area contributed by atoms with Gasteiger partial charge in [-0.2, -0.15) is 0 Å². The molecule has 1 heteroatoms. The van der Waals surface area contributed by atoms with Crippen molar-refractivity contribution in [2.75, 3.05) is 13.1 Å². The highest BCUT2D eigenvalue weighted by Gasteiger charge is 2.29. The summed E-state index contributed by atoms with van der Waals surface area (Å²) >= 11 is 0. The minimum Gasteiger partial charge on any atom is -0.316 e. The summed E-state index contributed by atoms with van der Waals surface area (Å²) in [4.78, 5) is 0. The van der Waals surface area contributed by atoms with Crippen LogP contribution in [0.15, 0.2) is 0 Å². The third-order valence-electron chi connectivity index (χ3n) is 2.77. The van der Waals surface area contributed by atoms with E-state index in [9.17, 15) is 0 Å². The molecule has 0 radical (unpaired) electrons. The summed E-state index contributed by atoms with van der Waals surface area (Å²) in [5, 5.41) is 3.52. The van der Waals surface area contributed by atoms with E-state index in [2.05, 4.69) is 33.0 Å². The van der Waals surface area contributed by atoms with Gasteiger partial charge in [-0.3, -0.25) is 0 Å². The summed E-state index contributed by atoms with van der Waals surface area (Å²) in [5.74, 6) is 0. The second kappa shape index (κ2) is 13.4. The molecule has 114 valence electrons. The van der Waals surface area contributed by atoms with Crippen LogP contribution < -0.4 is 5.32 Å². The first-order valence-electron chi connectivity index (χ1n) is 8.12. The Morgan fingerprint density at radius 2 is 1.17 bits per heavy atom. The maximum absolute atomic E-state index is 3.52. The lowest BCUT2D eigenvalue weighted by atomic mass is 9.72. The Bertz CT molecular complexity index is 132. The fourth-order valence-corrected chi connectivity index (χ4v) is 2.57. The quantitative estimate of drug-likeness (QED) is 0.572. The molecule has 1 saturated heterocycles. The van der Waals surface area contributed by atoms with Gasteiger partial charge in [0.1, 0.15) is 0 Å². The lowest BCUT2D eigenvalue weighted by Crippen LogP contribution is -2.37. The first kappa shape index (κ1) is 23.1. The number of nitrogens with one attached hydrogen (secondary N) is 1. The molecule has 1 nitrogen and oxygen atoms in total. The molecule has 0 aliphatic carbocycles. The van der Waals surface area contributed by atoms with Crippen LogP contribution in [0.3, 0.4) is 0 Å². The molecule has 1 rings (SSSR count). The molecular weight excluding hydrogens is 218 g/mol. The molecule has 1 N–H and O–H groups in total. The van der Waals surface area contributed by atoms with E-state index in [1.165, 1.54) is 32.4 Å². The van der Waals surface area contributed by atoms with Gasteiger partial charge in [-0.05, 0) is 36.6 Å². The summed E-state index contributed by atoms with van der Waals surface area (Å²) in [6, 6.07) is 0. The van der Waals surface area contributed by atoms with Crippen LogP contribution in [0.2, 0.25) is 0 Å². The van der Waals surface area contributed by atoms with Crippen molar-refractivity contribution in [3.63, 3.8) is 0 Å². The Balaban J connectivity index is -0.000000328. The largest absolute Gasteiger partial charge is 0.316 e. The van der Waals surface area contributed by atoms with Crippen LogP contribution in [0.25, 0.3) is 0 Å². The van der Waals surface area contributed by atoms with Crippen molar-refractivity contribution in [2.24, 2.45) is 10.8 Å². The second-order valence-corrected chi connectivity index (χ2v) is 5.79. The molecule has 1 aliphatic heterocycles. The van der Waals surface area contributed by atoms with Gasteiger partial charge in [0.05, 0.1) is 0 Å². The van der Waals surface area contributed by atoms with Gasteiger partial charge >= 0.3 is 0 Å². The van der Waals surface area contributed by atoms with Crippen LogP contribution in [0.5, 0.6) is 0 Å². The molecule has 1 fully saturated rings. The Hall–Kier alpha value is -0.0400. The molecule has 0 aromatic carbocycles. The van der Waals surface area contributed by atoms with Gasteiger partial charge in [0.15, 0.2) is 0 Å². The third-order valence-corrected chi connectivity index (χ3v) is 2.77. The van der Waals surface area contributed by atoms with Crippen LogP contribution in [0.4, 0.5) is 0 Å². The molecule has 0 bridgehead atoms. The Morgan fingerprint density at radius 3 is 1.61 bits per heavy atom. The molecule has 0 atom stereocenters. The van der Waals surface area contributed by atoms with Crippen molar-refractivity contribution in [3.05, 3.63) is 0 Å². The van der Waals surface area contributed by atoms with Crippen molar-refractivity contribution in [3.8, 4) is 0 Å². The summed E-state index contributed by atoms with van der Waals surface area (Å²) in [7, 11) is 0. The Morgan fingerprint density at radius 1 is 0.722 bits per heavy atom. The maximum atomic E-state index is 3.52. The average molecular weight is 260 g/mol. The summed E-state index contributed by atoms with van der Waals surface area (Å²) in [5.41, 5.74) is 1.02. The predicted octanol–water partition coefficient (Wildman–Crippen LogP) is 5.89. The maximum Gasteiger partial charge on any atom is 0.000272 e. The van der Waals surface area contributed by atoms with E-state index in [4.69, 9.17) is 0 Å². The van der Waals surface area contributed by atoms with Crippen molar-refractivity contribution in [1.82, 2.24) is 5.32 Å². The monoisotopic (exact) mass is 259 g/mol. The zero-order chi connectivity index (χ0) is 15.2. The van der Waals surface area contributed by atoms with E-state index in [0.29, 0.717) is 10.8 Å². The first-order valence-corrected chi connectivity index (χ1v) is 8.12. The van der Waals surface area contributed by atoms with E-state index in [1.54, 1.807) is 0 Å². The summed E-state index contributed by atoms with van der Waals surface area (Å²) in [6.45, 7) is 23.9. The van der Waals surface area contributed by atoms with Gasteiger partial charge in [0.2, 0.25) is 0 Å². The summed E-state index contributed by atoms with van der Waals surface area (Å²) in [6.07, 6.45) is 4.04. The molecule has 1 aliphatic rings. The standard InChI is InChI=1S/C11H23N.3C2H6/c1-10(2)6-5-7-12-9-11(3,4)8-10;3*1-2/h12H,5-9H2,1-4H3;3*1-2H3. The zero-order valence-electron chi connectivity index (χ0n) is 15.0. The highest BCUT2D eigenvalue weighted by Crippen LogP contribution is 2.37. The predicted molar refractivity (Wildman–Crippen MR) is 88.3 cm³/mol. The van der Waals surface area contributed by atoms with E-state index in [0.717, 1.165) is 0 Å². The van der Waals surface area contributed by atoms with Crippen LogP contribution >= 0.6 is 0 Å². The average Bonchev–Trinajstić information content (AvgIpc) is 2.33. The highest BCUT2D eigenvalue weighted by molar-refractivity contribution is 4.83. The third kappa shape index (κ3) is 14.0. The van der Waals surface area contributed by atoms with Crippen molar-refractivity contribution < 1.29 is 0 Å².